The van der Waals surface area contributed by atoms with Crippen molar-refractivity contribution in [2.45, 2.75) is 25.2 Å². The van der Waals surface area contributed by atoms with Crippen molar-refractivity contribution in [1.29, 1.82) is 0 Å². The Hall–Kier alpha value is -0.760. The lowest BCUT2D eigenvalue weighted by Gasteiger charge is -2.04. The topological polar surface area (TPSA) is 13.1 Å². The third-order valence-electron chi connectivity index (χ3n) is 3.19. The van der Waals surface area contributed by atoms with Gasteiger partial charge in [0, 0.05) is 15.4 Å². The molecule has 1 heterocycles. The molecule has 0 amide bonds. The van der Waals surface area contributed by atoms with Gasteiger partial charge < -0.3 is 4.42 Å². The molecule has 1 saturated carbocycles. The lowest BCUT2D eigenvalue weighted by atomic mass is 9.98. The first-order chi connectivity index (χ1) is 6.69. The van der Waals surface area contributed by atoms with Crippen LogP contribution in [0.3, 0.4) is 0 Å². The van der Waals surface area contributed by atoms with E-state index in [0.29, 0.717) is 5.41 Å². The van der Waals surface area contributed by atoms with E-state index in [2.05, 4.69) is 35.0 Å². The van der Waals surface area contributed by atoms with Gasteiger partial charge in [-0.3, -0.25) is 0 Å². The van der Waals surface area contributed by atoms with Crippen LogP contribution in [0.4, 0.5) is 0 Å². The fourth-order valence-corrected chi connectivity index (χ4v) is 2.27. The first kappa shape index (κ1) is 8.54. The Morgan fingerprint density at radius 2 is 2.14 bits per heavy atom. The first-order valence-corrected chi connectivity index (χ1v) is 5.66. The Bertz CT molecular complexity index is 494. The van der Waals surface area contributed by atoms with E-state index < -0.39 is 0 Å². The number of halogens is 1. The lowest BCUT2D eigenvalue weighted by Crippen LogP contribution is -1.96. The molecular formula is C12H11BrO. The van der Waals surface area contributed by atoms with Crippen LogP contribution in [-0.4, -0.2) is 0 Å². The van der Waals surface area contributed by atoms with E-state index in [1.807, 2.05) is 12.3 Å². The molecule has 0 aliphatic heterocycles. The van der Waals surface area contributed by atoms with Crippen molar-refractivity contribution in [2.24, 2.45) is 0 Å². The zero-order valence-electron chi connectivity index (χ0n) is 8.01. The lowest BCUT2D eigenvalue weighted by molar-refractivity contribution is 0.602. The fraction of sp³-hybridized carbons (Fsp3) is 0.333. The molecule has 1 aromatic heterocycles. The Labute approximate surface area is 91.2 Å². The standard InChI is InChI=1S/C12H11BrO/c1-12(4-5-12)10-7-14-11-6-8(13)2-3-9(10)11/h2-3,6-7H,4-5H2,1H3. The van der Waals surface area contributed by atoms with Crippen LogP contribution >= 0.6 is 15.9 Å². The molecule has 1 aliphatic rings. The van der Waals surface area contributed by atoms with Gasteiger partial charge >= 0.3 is 0 Å². The van der Waals surface area contributed by atoms with Gasteiger partial charge in [-0.15, -0.1) is 0 Å². The van der Waals surface area contributed by atoms with Gasteiger partial charge in [0.05, 0.1) is 6.26 Å². The van der Waals surface area contributed by atoms with Crippen LogP contribution in [0.15, 0.2) is 33.4 Å². The maximum absolute atomic E-state index is 5.57. The molecule has 0 radical (unpaired) electrons. The SMILES string of the molecule is CC1(c2coc3cc(Br)ccc23)CC1. The number of benzene rings is 1. The molecule has 2 heteroatoms. The molecule has 1 nitrogen and oxygen atoms in total. The smallest absolute Gasteiger partial charge is 0.135 e. The summed E-state index contributed by atoms with van der Waals surface area (Å²) in [5.74, 6) is 0. The van der Waals surface area contributed by atoms with Gasteiger partial charge in [-0.2, -0.15) is 0 Å². The number of rotatable bonds is 1. The minimum absolute atomic E-state index is 0.388. The van der Waals surface area contributed by atoms with Gasteiger partial charge in [-0.25, -0.2) is 0 Å². The van der Waals surface area contributed by atoms with E-state index in [1.54, 1.807) is 0 Å². The first-order valence-electron chi connectivity index (χ1n) is 4.86. The summed E-state index contributed by atoms with van der Waals surface area (Å²) in [7, 11) is 0. The number of hydrogen-bond acceptors (Lipinski definition) is 1. The maximum Gasteiger partial charge on any atom is 0.135 e. The van der Waals surface area contributed by atoms with Gasteiger partial charge in [0.25, 0.3) is 0 Å². The highest BCUT2D eigenvalue weighted by Gasteiger charge is 2.41. The molecule has 0 spiro atoms. The Morgan fingerprint density at radius 1 is 1.36 bits per heavy atom. The van der Waals surface area contributed by atoms with Crippen LogP contribution in [0, 0.1) is 0 Å². The number of hydrogen-bond donors (Lipinski definition) is 0. The van der Waals surface area contributed by atoms with E-state index in [-0.39, 0.29) is 0 Å². The zero-order valence-corrected chi connectivity index (χ0v) is 9.60. The number of furan rings is 1. The summed E-state index contributed by atoms with van der Waals surface area (Å²) in [5, 5.41) is 1.27. The van der Waals surface area contributed by atoms with Gasteiger partial charge in [-0.1, -0.05) is 22.9 Å². The molecule has 1 aliphatic carbocycles. The largest absolute Gasteiger partial charge is 0.464 e. The van der Waals surface area contributed by atoms with Crippen LogP contribution in [0.25, 0.3) is 11.0 Å². The number of fused-ring (bicyclic) bond motifs is 1. The van der Waals surface area contributed by atoms with Crippen LogP contribution in [0.1, 0.15) is 25.3 Å². The molecule has 2 aromatic rings. The van der Waals surface area contributed by atoms with Crippen molar-refractivity contribution in [3.63, 3.8) is 0 Å². The highest BCUT2D eigenvalue weighted by Crippen LogP contribution is 2.50. The molecule has 0 N–H and O–H groups in total. The van der Waals surface area contributed by atoms with E-state index in [4.69, 9.17) is 4.42 Å². The quantitative estimate of drug-likeness (QED) is 0.738. The zero-order chi connectivity index (χ0) is 9.76. The minimum atomic E-state index is 0.388. The van der Waals surface area contributed by atoms with Crippen LogP contribution in [0.5, 0.6) is 0 Å². The average molecular weight is 251 g/mol. The van der Waals surface area contributed by atoms with Gasteiger partial charge in [0.15, 0.2) is 0 Å². The summed E-state index contributed by atoms with van der Waals surface area (Å²) in [6.07, 6.45) is 4.50. The second kappa shape index (κ2) is 2.63. The van der Waals surface area contributed by atoms with Crippen molar-refractivity contribution < 1.29 is 4.42 Å². The summed E-state index contributed by atoms with van der Waals surface area (Å²) in [6.45, 7) is 2.30. The molecule has 0 saturated heterocycles. The van der Waals surface area contributed by atoms with Gasteiger partial charge in [0.2, 0.25) is 0 Å². The molecule has 1 fully saturated rings. The van der Waals surface area contributed by atoms with E-state index in [0.717, 1.165) is 10.1 Å². The summed E-state index contributed by atoms with van der Waals surface area (Å²) in [6, 6.07) is 6.25. The van der Waals surface area contributed by atoms with Crippen molar-refractivity contribution in [2.75, 3.05) is 0 Å². The minimum Gasteiger partial charge on any atom is -0.464 e. The van der Waals surface area contributed by atoms with Gasteiger partial charge in [0.1, 0.15) is 5.58 Å². The maximum atomic E-state index is 5.57. The van der Waals surface area contributed by atoms with Crippen molar-refractivity contribution >= 4 is 26.9 Å². The molecule has 0 atom stereocenters. The van der Waals surface area contributed by atoms with E-state index in [9.17, 15) is 0 Å². The average Bonchev–Trinajstić information content (AvgIpc) is 2.77. The van der Waals surface area contributed by atoms with E-state index >= 15 is 0 Å². The van der Waals surface area contributed by atoms with Gasteiger partial charge in [-0.05, 0) is 36.5 Å². The van der Waals surface area contributed by atoms with Crippen molar-refractivity contribution in [3.8, 4) is 0 Å². The van der Waals surface area contributed by atoms with Crippen LogP contribution < -0.4 is 0 Å². The van der Waals surface area contributed by atoms with E-state index in [1.165, 1.54) is 23.8 Å². The summed E-state index contributed by atoms with van der Waals surface area (Å²) in [4.78, 5) is 0. The van der Waals surface area contributed by atoms with Crippen LogP contribution in [-0.2, 0) is 5.41 Å². The molecule has 0 bridgehead atoms. The third kappa shape index (κ3) is 1.13. The third-order valence-corrected chi connectivity index (χ3v) is 3.68. The summed E-state index contributed by atoms with van der Waals surface area (Å²) < 4.78 is 6.64. The second-order valence-corrected chi connectivity index (χ2v) is 5.27. The Kier molecular flexibility index (Phi) is 1.61. The summed E-state index contributed by atoms with van der Waals surface area (Å²) in [5.41, 5.74) is 2.75. The Morgan fingerprint density at radius 3 is 2.86 bits per heavy atom. The summed E-state index contributed by atoms with van der Waals surface area (Å²) >= 11 is 3.45. The predicted octanol–water partition coefficient (Wildman–Crippen LogP) is 4.25. The molecule has 1 aromatic carbocycles. The molecule has 3 rings (SSSR count). The van der Waals surface area contributed by atoms with Crippen LogP contribution in [0.2, 0.25) is 0 Å². The van der Waals surface area contributed by atoms with Crippen molar-refractivity contribution in [1.82, 2.24) is 0 Å². The molecule has 14 heavy (non-hydrogen) atoms. The molecular weight excluding hydrogens is 240 g/mol. The second-order valence-electron chi connectivity index (χ2n) is 4.35. The monoisotopic (exact) mass is 250 g/mol. The Balaban J connectivity index is 2.27. The highest BCUT2D eigenvalue weighted by atomic mass is 79.9. The van der Waals surface area contributed by atoms with Crippen molar-refractivity contribution in [3.05, 3.63) is 34.5 Å². The molecule has 0 unspecified atom stereocenters. The normalized spacial score (nSPS) is 18.7. The highest BCUT2D eigenvalue weighted by molar-refractivity contribution is 9.10. The fourth-order valence-electron chi connectivity index (χ4n) is 1.93. The molecule has 72 valence electrons. The predicted molar refractivity (Wildman–Crippen MR) is 60.5 cm³/mol.